The predicted molar refractivity (Wildman–Crippen MR) is 102 cm³/mol. The quantitative estimate of drug-likeness (QED) is 0.735. The van der Waals surface area contributed by atoms with Crippen molar-refractivity contribution in [2.75, 3.05) is 0 Å². The zero-order valence-electron chi connectivity index (χ0n) is 15.4. The number of hydrogen-bond donors (Lipinski definition) is 1. The number of para-hydroxylation sites is 1. The zero-order valence-corrected chi connectivity index (χ0v) is 15.4. The monoisotopic (exact) mass is 348 g/mol. The van der Waals surface area contributed by atoms with Crippen LogP contribution in [0.15, 0.2) is 54.7 Å². The number of rotatable bonds is 6. The number of amides is 1. The van der Waals surface area contributed by atoms with E-state index in [1.165, 1.54) is 0 Å². The SMILES string of the molecule is CCc1c(C(=O)NCc2ccccn2)c(C(C)C)nn1-c1ccccc1. The summed E-state index contributed by atoms with van der Waals surface area (Å²) in [5, 5.41) is 7.76. The second-order valence-corrected chi connectivity index (χ2v) is 6.47. The van der Waals surface area contributed by atoms with Gasteiger partial charge in [0.1, 0.15) is 0 Å². The number of pyridine rings is 1. The van der Waals surface area contributed by atoms with Crippen molar-refractivity contribution in [3.8, 4) is 5.69 Å². The van der Waals surface area contributed by atoms with Crippen LogP contribution < -0.4 is 5.32 Å². The van der Waals surface area contributed by atoms with Crippen molar-refractivity contribution in [3.05, 3.63) is 77.4 Å². The molecule has 134 valence electrons. The predicted octanol–water partition coefficient (Wildman–Crippen LogP) is 3.88. The van der Waals surface area contributed by atoms with Crippen molar-refractivity contribution in [1.82, 2.24) is 20.1 Å². The third-order valence-electron chi connectivity index (χ3n) is 4.27. The van der Waals surface area contributed by atoms with E-state index in [9.17, 15) is 4.79 Å². The average Bonchev–Trinajstić information content (AvgIpc) is 3.07. The highest BCUT2D eigenvalue weighted by Crippen LogP contribution is 2.25. The highest BCUT2D eigenvalue weighted by Gasteiger charge is 2.25. The van der Waals surface area contributed by atoms with Gasteiger partial charge in [-0.1, -0.05) is 45.0 Å². The highest BCUT2D eigenvalue weighted by molar-refractivity contribution is 5.96. The summed E-state index contributed by atoms with van der Waals surface area (Å²) in [6, 6.07) is 15.6. The van der Waals surface area contributed by atoms with Crippen LogP contribution in [0.4, 0.5) is 0 Å². The summed E-state index contributed by atoms with van der Waals surface area (Å²) >= 11 is 0. The smallest absolute Gasteiger partial charge is 0.255 e. The minimum atomic E-state index is -0.0987. The molecule has 0 spiro atoms. The number of carbonyl (C=O) groups excluding carboxylic acids is 1. The molecule has 2 heterocycles. The first-order valence-corrected chi connectivity index (χ1v) is 8.97. The molecule has 1 aromatic carbocycles. The summed E-state index contributed by atoms with van der Waals surface area (Å²) in [5.41, 5.74) is 4.24. The molecule has 0 saturated heterocycles. The molecule has 0 aliphatic rings. The van der Waals surface area contributed by atoms with Gasteiger partial charge in [0.25, 0.3) is 5.91 Å². The molecule has 5 heteroatoms. The molecule has 0 atom stereocenters. The van der Waals surface area contributed by atoms with Crippen LogP contribution >= 0.6 is 0 Å². The first kappa shape index (κ1) is 17.9. The molecule has 0 radical (unpaired) electrons. The Morgan fingerprint density at radius 2 is 1.85 bits per heavy atom. The number of carbonyl (C=O) groups is 1. The van der Waals surface area contributed by atoms with Gasteiger partial charge < -0.3 is 5.32 Å². The minimum absolute atomic E-state index is 0.0987. The molecule has 0 fully saturated rings. The Labute approximate surface area is 154 Å². The Morgan fingerprint density at radius 1 is 1.12 bits per heavy atom. The molecular weight excluding hydrogens is 324 g/mol. The maximum absolute atomic E-state index is 13.0. The van der Waals surface area contributed by atoms with E-state index in [1.54, 1.807) is 6.20 Å². The summed E-state index contributed by atoms with van der Waals surface area (Å²) in [5.74, 6) is 0.0549. The van der Waals surface area contributed by atoms with Gasteiger partial charge in [0, 0.05) is 6.20 Å². The van der Waals surface area contributed by atoms with Crippen molar-refractivity contribution >= 4 is 5.91 Å². The van der Waals surface area contributed by atoms with Crippen molar-refractivity contribution < 1.29 is 4.79 Å². The number of benzene rings is 1. The maximum Gasteiger partial charge on any atom is 0.255 e. The van der Waals surface area contributed by atoms with E-state index < -0.39 is 0 Å². The zero-order chi connectivity index (χ0) is 18.5. The van der Waals surface area contributed by atoms with Crippen molar-refractivity contribution in [3.63, 3.8) is 0 Å². The highest BCUT2D eigenvalue weighted by atomic mass is 16.1. The van der Waals surface area contributed by atoms with Gasteiger partial charge in [0.15, 0.2) is 0 Å². The molecule has 1 N–H and O–H groups in total. The molecule has 5 nitrogen and oxygen atoms in total. The molecule has 0 aliphatic carbocycles. The first-order chi connectivity index (χ1) is 12.6. The Hall–Kier alpha value is -2.95. The van der Waals surface area contributed by atoms with Gasteiger partial charge in [-0.3, -0.25) is 9.78 Å². The molecule has 0 bridgehead atoms. The topological polar surface area (TPSA) is 59.8 Å². The lowest BCUT2D eigenvalue weighted by Crippen LogP contribution is -2.25. The van der Waals surface area contributed by atoms with Crippen LogP contribution in [0.5, 0.6) is 0 Å². The number of hydrogen-bond acceptors (Lipinski definition) is 3. The Balaban J connectivity index is 1.96. The number of nitrogens with one attached hydrogen (secondary N) is 1. The van der Waals surface area contributed by atoms with Crippen LogP contribution in [0.1, 0.15) is 54.1 Å². The summed E-state index contributed by atoms with van der Waals surface area (Å²) in [6.07, 6.45) is 2.45. The van der Waals surface area contributed by atoms with E-state index in [0.717, 1.165) is 29.2 Å². The van der Waals surface area contributed by atoms with Gasteiger partial charge >= 0.3 is 0 Å². The Bertz CT molecular complexity index is 870. The van der Waals surface area contributed by atoms with Crippen LogP contribution in [-0.4, -0.2) is 20.7 Å². The summed E-state index contributed by atoms with van der Waals surface area (Å²) < 4.78 is 1.89. The number of nitrogens with zero attached hydrogens (tertiary/aromatic N) is 3. The van der Waals surface area contributed by atoms with Crippen LogP contribution in [0.3, 0.4) is 0 Å². The fourth-order valence-corrected chi connectivity index (χ4v) is 2.99. The van der Waals surface area contributed by atoms with Crippen LogP contribution in [0, 0.1) is 0 Å². The molecule has 3 aromatic rings. The third-order valence-corrected chi connectivity index (χ3v) is 4.27. The second-order valence-electron chi connectivity index (χ2n) is 6.47. The molecule has 2 aromatic heterocycles. The summed E-state index contributed by atoms with van der Waals surface area (Å²) in [7, 11) is 0. The van der Waals surface area contributed by atoms with Gasteiger partial charge in [-0.2, -0.15) is 5.10 Å². The lowest BCUT2D eigenvalue weighted by molar-refractivity contribution is 0.0948. The normalized spacial score (nSPS) is 10.9. The number of aromatic nitrogens is 3. The third kappa shape index (κ3) is 3.67. The lowest BCUT2D eigenvalue weighted by Gasteiger charge is -2.09. The van der Waals surface area contributed by atoms with Crippen molar-refractivity contribution in [1.29, 1.82) is 0 Å². The van der Waals surface area contributed by atoms with E-state index in [0.29, 0.717) is 12.1 Å². The van der Waals surface area contributed by atoms with Gasteiger partial charge in [0.05, 0.1) is 34.9 Å². The summed E-state index contributed by atoms with van der Waals surface area (Å²) in [6.45, 7) is 6.58. The van der Waals surface area contributed by atoms with Gasteiger partial charge in [0.2, 0.25) is 0 Å². The molecular formula is C21H24N4O. The minimum Gasteiger partial charge on any atom is -0.346 e. The molecule has 0 unspecified atom stereocenters. The molecule has 26 heavy (non-hydrogen) atoms. The average molecular weight is 348 g/mol. The largest absolute Gasteiger partial charge is 0.346 e. The van der Waals surface area contributed by atoms with Gasteiger partial charge in [-0.05, 0) is 36.6 Å². The molecule has 1 amide bonds. The Morgan fingerprint density at radius 3 is 2.46 bits per heavy atom. The van der Waals surface area contributed by atoms with E-state index in [2.05, 4.69) is 31.1 Å². The van der Waals surface area contributed by atoms with Crippen LogP contribution in [0.2, 0.25) is 0 Å². The van der Waals surface area contributed by atoms with Crippen molar-refractivity contribution in [2.45, 2.75) is 39.7 Å². The van der Waals surface area contributed by atoms with E-state index >= 15 is 0 Å². The lowest BCUT2D eigenvalue weighted by atomic mass is 10.0. The molecule has 0 aliphatic heterocycles. The second kappa shape index (κ2) is 7.95. The first-order valence-electron chi connectivity index (χ1n) is 8.97. The fraction of sp³-hybridized carbons (Fsp3) is 0.286. The van der Waals surface area contributed by atoms with E-state index in [-0.39, 0.29) is 11.8 Å². The van der Waals surface area contributed by atoms with Gasteiger partial charge in [-0.15, -0.1) is 0 Å². The van der Waals surface area contributed by atoms with Crippen LogP contribution in [0.25, 0.3) is 5.69 Å². The molecule has 0 saturated carbocycles. The van der Waals surface area contributed by atoms with E-state index in [4.69, 9.17) is 5.10 Å². The fourth-order valence-electron chi connectivity index (χ4n) is 2.99. The van der Waals surface area contributed by atoms with Crippen LogP contribution in [-0.2, 0) is 13.0 Å². The maximum atomic E-state index is 13.0. The van der Waals surface area contributed by atoms with E-state index in [1.807, 2.05) is 53.2 Å². The standard InChI is InChI=1S/C21H24N4O/c1-4-18-19(21(26)23-14-16-10-8-9-13-22-16)20(15(2)3)24-25(18)17-11-6-5-7-12-17/h5-13,15H,4,14H2,1-3H3,(H,23,26). The van der Waals surface area contributed by atoms with Gasteiger partial charge in [-0.25, -0.2) is 4.68 Å². The summed E-state index contributed by atoms with van der Waals surface area (Å²) in [4.78, 5) is 17.2. The Kier molecular flexibility index (Phi) is 5.46. The molecule has 3 rings (SSSR count). The van der Waals surface area contributed by atoms with Crippen molar-refractivity contribution in [2.24, 2.45) is 0 Å².